The molecule has 20 heavy (non-hydrogen) atoms. The average Bonchev–Trinajstić information content (AvgIpc) is 2.83. The fraction of sp³-hybridized carbons (Fsp3) is 0.571. The summed E-state index contributed by atoms with van der Waals surface area (Å²) in [7, 11) is -3.49. The van der Waals surface area contributed by atoms with Gasteiger partial charge < -0.3 is 10.1 Å². The predicted molar refractivity (Wildman–Crippen MR) is 79.3 cm³/mol. The van der Waals surface area contributed by atoms with Crippen LogP contribution in [0.5, 0.6) is 0 Å². The van der Waals surface area contributed by atoms with Gasteiger partial charge in [-0.2, -0.15) is 0 Å². The fourth-order valence-electron chi connectivity index (χ4n) is 2.38. The van der Waals surface area contributed by atoms with E-state index < -0.39 is 10.0 Å². The Morgan fingerprint density at radius 1 is 1.35 bits per heavy atom. The molecule has 2 N–H and O–H groups in total. The van der Waals surface area contributed by atoms with E-state index >= 15 is 0 Å². The summed E-state index contributed by atoms with van der Waals surface area (Å²) in [5.74, 6) is 0.246. The van der Waals surface area contributed by atoms with Crippen molar-refractivity contribution in [1.29, 1.82) is 0 Å². The number of ether oxygens (including phenoxy) is 1. The van der Waals surface area contributed by atoms with Crippen molar-refractivity contribution in [3.8, 4) is 0 Å². The first-order chi connectivity index (χ1) is 9.54. The largest absolute Gasteiger partial charge is 0.384 e. The van der Waals surface area contributed by atoms with E-state index in [4.69, 9.17) is 4.74 Å². The van der Waals surface area contributed by atoms with E-state index in [0.717, 1.165) is 6.42 Å². The molecule has 2 atom stereocenters. The third kappa shape index (κ3) is 3.50. The monoisotopic (exact) mass is 298 g/mol. The molecule has 112 valence electrons. The van der Waals surface area contributed by atoms with Crippen LogP contribution in [-0.2, 0) is 14.8 Å². The molecule has 0 saturated carbocycles. The first-order valence-electron chi connectivity index (χ1n) is 6.98. The van der Waals surface area contributed by atoms with Crippen LogP contribution in [0.4, 0.5) is 5.69 Å². The van der Waals surface area contributed by atoms with Gasteiger partial charge in [-0.05, 0) is 32.4 Å². The van der Waals surface area contributed by atoms with Gasteiger partial charge in [0.25, 0.3) is 0 Å². The molecule has 0 radical (unpaired) electrons. The summed E-state index contributed by atoms with van der Waals surface area (Å²) in [5.41, 5.74) is 0.637. The number of hydrogen-bond acceptors (Lipinski definition) is 4. The van der Waals surface area contributed by atoms with Gasteiger partial charge in [0.2, 0.25) is 10.0 Å². The van der Waals surface area contributed by atoms with Crippen molar-refractivity contribution in [3.05, 3.63) is 24.3 Å². The number of anilines is 1. The topological polar surface area (TPSA) is 67.4 Å². The summed E-state index contributed by atoms with van der Waals surface area (Å²) in [6, 6.07) is 6.95. The zero-order chi connectivity index (χ0) is 14.6. The van der Waals surface area contributed by atoms with E-state index in [1.807, 2.05) is 19.9 Å². The van der Waals surface area contributed by atoms with E-state index in [-0.39, 0.29) is 12.0 Å². The first-order valence-corrected chi connectivity index (χ1v) is 8.47. The Kier molecular flexibility index (Phi) is 5.01. The van der Waals surface area contributed by atoms with E-state index in [0.29, 0.717) is 30.3 Å². The summed E-state index contributed by atoms with van der Waals surface area (Å²) in [6.07, 6.45) is 1.01. The zero-order valence-corrected chi connectivity index (χ0v) is 12.7. The number of para-hydroxylation sites is 1. The molecule has 2 rings (SSSR count). The highest BCUT2D eigenvalue weighted by Gasteiger charge is 2.26. The standard InChI is InChI=1S/C14H22N2O3S/c1-3-15-13-6-4-5-7-14(13)20(17,18)16-10-12-8-9-19-11(12)2/h4-7,11-12,15-16H,3,8-10H2,1-2H3. The highest BCUT2D eigenvalue weighted by molar-refractivity contribution is 7.89. The Bertz CT molecular complexity index is 545. The number of rotatable bonds is 6. The third-order valence-corrected chi connectivity index (χ3v) is 5.09. The minimum Gasteiger partial charge on any atom is -0.384 e. The average molecular weight is 298 g/mol. The van der Waals surface area contributed by atoms with Gasteiger partial charge in [-0.1, -0.05) is 12.1 Å². The van der Waals surface area contributed by atoms with Crippen molar-refractivity contribution in [1.82, 2.24) is 4.72 Å². The summed E-state index contributed by atoms with van der Waals surface area (Å²) in [4.78, 5) is 0.299. The van der Waals surface area contributed by atoms with Gasteiger partial charge in [0.1, 0.15) is 4.90 Å². The van der Waals surface area contributed by atoms with E-state index in [1.165, 1.54) is 0 Å². The Morgan fingerprint density at radius 2 is 2.10 bits per heavy atom. The molecular formula is C14H22N2O3S. The molecule has 0 aliphatic carbocycles. The van der Waals surface area contributed by atoms with Crippen LogP contribution in [0.1, 0.15) is 20.3 Å². The lowest BCUT2D eigenvalue weighted by Crippen LogP contribution is -2.32. The molecule has 0 bridgehead atoms. The van der Waals surface area contributed by atoms with Gasteiger partial charge in [-0.25, -0.2) is 13.1 Å². The maximum absolute atomic E-state index is 12.4. The molecule has 0 spiro atoms. The van der Waals surface area contributed by atoms with Gasteiger partial charge in [0.15, 0.2) is 0 Å². The molecule has 1 aromatic carbocycles. The Balaban J connectivity index is 2.10. The lowest BCUT2D eigenvalue weighted by Gasteiger charge is -2.16. The van der Waals surface area contributed by atoms with E-state index in [1.54, 1.807) is 18.2 Å². The van der Waals surface area contributed by atoms with Gasteiger partial charge in [0.05, 0.1) is 11.8 Å². The molecule has 1 aliphatic rings. The van der Waals surface area contributed by atoms with Crippen molar-refractivity contribution < 1.29 is 13.2 Å². The lowest BCUT2D eigenvalue weighted by atomic mass is 10.0. The second-order valence-corrected chi connectivity index (χ2v) is 6.74. The Labute approximate surface area is 120 Å². The first kappa shape index (κ1) is 15.3. The Hall–Kier alpha value is -1.11. The fourth-order valence-corrected chi connectivity index (χ4v) is 3.65. The number of hydrogen-bond donors (Lipinski definition) is 2. The van der Waals surface area contributed by atoms with Crippen LogP contribution in [-0.4, -0.2) is 34.2 Å². The maximum Gasteiger partial charge on any atom is 0.242 e. The number of benzene rings is 1. The predicted octanol–water partition coefficient (Wildman–Crippen LogP) is 1.82. The molecule has 0 aromatic heterocycles. The summed E-state index contributed by atoms with van der Waals surface area (Å²) >= 11 is 0. The summed E-state index contributed by atoms with van der Waals surface area (Å²) < 4.78 is 32.9. The zero-order valence-electron chi connectivity index (χ0n) is 11.9. The molecular weight excluding hydrogens is 276 g/mol. The van der Waals surface area contributed by atoms with Crippen LogP contribution >= 0.6 is 0 Å². The number of nitrogens with one attached hydrogen (secondary N) is 2. The molecule has 5 nitrogen and oxygen atoms in total. The van der Waals surface area contributed by atoms with Crippen LogP contribution in [0, 0.1) is 5.92 Å². The van der Waals surface area contributed by atoms with Crippen LogP contribution in [0.25, 0.3) is 0 Å². The van der Waals surface area contributed by atoms with Gasteiger partial charge in [0, 0.05) is 25.6 Å². The molecule has 6 heteroatoms. The van der Waals surface area contributed by atoms with Crippen LogP contribution in [0.15, 0.2) is 29.2 Å². The SMILES string of the molecule is CCNc1ccccc1S(=O)(=O)NCC1CCOC1C. The smallest absolute Gasteiger partial charge is 0.242 e. The minimum absolute atomic E-state index is 0.113. The molecule has 2 unspecified atom stereocenters. The minimum atomic E-state index is -3.49. The third-order valence-electron chi connectivity index (χ3n) is 3.61. The molecule has 0 amide bonds. The van der Waals surface area contributed by atoms with Crippen LogP contribution < -0.4 is 10.0 Å². The highest BCUT2D eigenvalue weighted by Crippen LogP contribution is 2.23. The van der Waals surface area contributed by atoms with Gasteiger partial charge in [-0.3, -0.25) is 0 Å². The van der Waals surface area contributed by atoms with Crippen LogP contribution in [0.3, 0.4) is 0 Å². The second kappa shape index (κ2) is 6.56. The van der Waals surface area contributed by atoms with Gasteiger partial charge >= 0.3 is 0 Å². The quantitative estimate of drug-likeness (QED) is 0.840. The van der Waals surface area contributed by atoms with E-state index in [9.17, 15) is 8.42 Å². The summed E-state index contributed by atoms with van der Waals surface area (Å²) in [6.45, 7) is 5.73. The highest BCUT2D eigenvalue weighted by atomic mass is 32.2. The second-order valence-electron chi connectivity index (χ2n) is 5.00. The summed E-state index contributed by atoms with van der Waals surface area (Å²) in [5, 5.41) is 3.08. The van der Waals surface area contributed by atoms with Crippen LogP contribution in [0.2, 0.25) is 0 Å². The molecule has 1 saturated heterocycles. The van der Waals surface area contributed by atoms with Crippen molar-refractivity contribution in [2.24, 2.45) is 5.92 Å². The molecule has 1 aliphatic heterocycles. The lowest BCUT2D eigenvalue weighted by molar-refractivity contribution is 0.107. The normalized spacial score (nSPS) is 22.9. The molecule has 1 heterocycles. The maximum atomic E-state index is 12.4. The number of sulfonamides is 1. The van der Waals surface area contributed by atoms with Crippen molar-refractivity contribution >= 4 is 15.7 Å². The van der Waals surface area contributed by atoms with Crippen molar-refractivity contribution in [3.63, 3.8) is 0 Å². The Morgan fingerprint density at radius 3 is 2.75 bits per heavy atom. The van der Waals surface area contributed by atoms with Crippen molar-refractivity contribution in [2.45, 2.75) is 31.3 Å². The molecule has 1 fully saturated rings. The van der Waals surface area contributed by atoms with E-state index in [2.05, 4.69) is 10.0 Å². The van der Waals surface area contributed by atoms with Gasteiger partial charge in [-0.15, -0.1) is 0 Å². The van der Waals surface area contributed by atoms with Crippen molar-refractivity contribution in [2.75, 3.05) is 25.0 Å². The molecule has 1 aromatic rings.